The summed E-state index contributed by atoms with van der Waals surface area (Å²) in [4.78, 5) is 13.1. The third kappa shape index (κ3) is 1.95. The van der Waals surface area contributed by atoms with Gasteiger partial charge in [0.05, 0.1) is 19.1 Å². The second-order valence-electron chi connectivity index (χ2n) is 3.25. The summed E-state index contributed by atoms with van der Waals surface area (Å²) < 4.78 is 4.58. The number of rotatable bonds is 1. The molecule has 0 bridgehead atoms. The van der Waals surface area contributed by atoms with Crippen molar-refractivity contribution in [2.45, 2.75) is 12.5 Å². The van der Waals surface area contributed by atoms with Crippen molar-refractivity contribution in [3.8, 4) is 0 Å². The third-order valence-electron chi connectivity index (χ3n) is 2.29. The first-order valence-electron chi connectivity index (χ1n) is 4.09. The van der Waals surface area contributed by atoms with Gasteiger partial charge in [-0.3, -0.25) is 4.79 Å². The van der Waals surface area contributed by atoms with Crippen LogP contribution in [0.2, 0.25) is 0 Å². The smallest absolute Gasteiger partial charge is 0.311 e. The monoisotopic (exact) mass is 173 g/mol. The van der Waals surface area contributed by atoms with Crippen LogP contribution >= 0.6 is 0 Å². The summed E-state index contributed by atoms with van der Waals surface area (Å²) >= 11 is 0. The lowest BCUT2D eigenvalue weighted by Gasteiger charge is -2.31. The highest BCUT2D eigenvalue weighted by Gasteiger charge is 2.32. The van der Waals surface area contributed by atoms with E-state index < -0.39 is 6.10 Å². The number of ether oxygens (including phenoxy) is 1. The highest BCUT2D eigenvalue weighted by Crippen LogP contribution is 2.17. The molecule has 1 aliphatic heterocycles. The number of aliphatic hydroxyl groups excluding tert-OH is 1. The van der Waals surface area contributed by atoms with Crippen LogP contribution in [0, 0.1) is 5.92 Å². The maximum absolute atomic E-state index is 11.1. The van der Waals surface area contributed by atoms with Crippen LogP contribution in [0.25, 0.3) is 0 Å². The van der Waals surface area contributed by atoms with Gasteiger partial charge < -0.3 is 14.7 Å². The number of nitrogens with zero attached hydrogens (tertiary/aromatic N) is 1. The average molecular weight is 173 g/mol. The highest BCUT2D eigenvalue weighted by atomic mass is 16.5. The molecule has 2 unspecified atom stereocenters. The van der Waals surface area contributed by atoms with E-state index in [0.717, 1.165) is 6.54 Å². The first-order chi connectivity index (χ1) is 5.65. The number of esters is 1. The van der Waals surface area contributed by atoms with Crippen LogP contribution < -0.4 is 0 Å². The van der Waals surface area contributed by atoms with Crippen molar-refractivity contribution in [3.05, 3.63) is 0 Å². The minimum Gasteiger partial charge on any atom is -0.469 e. The number of carbonyl (C=O) groups excluding carboxylic acids is 1. The summed E-state index contributed by atoms with van der Waals surface area (Å²) in [6.45, 7) is 1.40. The Morgan fingerprint density at radius 2 is 2.33 bits per heavy atom. The normalized spacial score (nSPS) is 31.6. The molecule has 1 saturated heterocycles. The minimum atomic E-state index is -0.573. The number of aliphatic hydroxyl groups is 1. The molecule has 1 N–H and O–H groups in total. The molecule has 4 nitrogen and oxygen atoms in total. The van der Waals surface area contributed by atoms with Crippen LogP contribution in [0.5, 0.6) is 0 Å². The van der Waals surface area contributed by atoms with Gasteiger partial charge in [0.1, 0.15) is 0 Å². The molecule has 2 atom stereocenters. The second kappa shape index (κ2) is 3.87. The summed E-state index contributed by atoms with van der Waals surface area (Å²) in [5.41, 5.74) is 0. The van der Waals surface area contributed by atoms with Gasteiger partial charge in [0.2, 0.25) is 0 Å². The highest BCUT2D eigenvalue weighted by molar-refractivity contribution is 5.73. The Morgan fingerprint density at radius 1 is 1.67 bits per heavy atom. The van der Waals surface area contributed by atoms with Crippen LogP contribution in [-0.4, -0.2) is 49.3 Å². The Morgan fingerprint density at radius 3 is 2.83 bits per heavy atom. The number of likely N-dealkylation sites (N-methyl/N-ethyl adjacent to an activating group) is 1. The van der Waals surface area contributed by atoms with E-state index in [1.54, 1.807) is 0 Å². The molecule has 12 heavy (non-hydrogen) atoms. The summed E-state index contributed by atoms with van der Waals surface area (Å²) in [6.07, 6.45) is 0.112. The van der Waals surface area contributed by atoms with E-state index in [4.69, 9.17) is 0 Å². The number of hydrogen-bond donors (Lipinski definition) is 1. The van der Waals surface area contributed by atoms with Gasteiger partial charge in [0, 0.05) is 6.54 Å². The quantitative estimate of drug-likeness (QED) is 0.542. The lowest BCUT2D eigenvalue weighted by atomic mass is 9.94. The molecule has 0 radical (unpaired) electrons. The standard InChI is InChI=1S/C8H15NO3/c1-9-4-3-6(7(10)5-9)8(11)12-2/h6-7,10H,3-5H2,1-2H3. The van der Waals surface area contributed by atoms with Crippen LogP contribution in [0.3, 0.4) is 0 Å². The van der Waals surface area contributed by atoms with Crippen molar-refractivity contribution in [1.29, 1.82) is 0 Å². The molecule has 0 aromatic carbocycles. The number of hydrogen-bond acceptors (Lipinski definition) is 4. The summed E-state index contributed by atoms with van der Waals surface area (Å²) in [5.74, 6) is -0.623. The summed E-state index contributed by atoms with van der Waals surface area (Å²) in [6, 6.07) is 0. The topological polar surface area (TPSA) is 49.8 Å². The Labute approximate surface area is 72.1 Å². The number of piperidine rings is 1. The SMILES string of the molecule is COC(=O)C1CCN(C)CC1O. The number of methoxy groups -OCH3 is 1. The van der Waals surface area contributed by atoms with E-state index in [9.17, 15) is 9.90 Å². The third-order valence-corrected chi connectivity index (χ3v) is 2.29. The molecule has 1 fully saturated rings. The molecule has 0 amide bonds. The molecule has 0 aromatic rings. The van der Waals surface area contributed by atoms with Crippen molar-refractivity contribution in [3.63, 3.8) is 0 Å². The van der Waals surface area contributed by atoms with Crippen molar-refractivity contribution in [1.82, 2.24) is 4.90 Å². The van der Waals surface area contributed by atoms with Crippen LogP contribution in [0.4, 0.5) is 0 Å². The van der Waals surface area contributed by atoms with Crippen molar-refractivity contribution in [2.24, 2.45) is 5.92 Å². The van der Waals surface area contributed by atoms with E-state index in [1.807, 2.05) is 11.9 Å². The zero-order valence-corrected chi connectivity index (χ0v) is 7.49. The maximum Gasteiger partial charge on any atom is 0.311 e. The van der Waals surface area contributed by atoms with Crippen molar-refractivity contribution in [2.75, 3.05) is 27.2 Å². The molecule has 1 rings (SSSR count). The Kier molecular flexibility index (Phi) is 3.05. The molecule has 0 saturated carbocycles. The molecule has 1 heterocycles. The van der Waals surface area contributed by atoms with Crippen LogP contribution in [-0.2, 0) is 9.53 Å². The van der Waals surface area contributed by atoms with E-state index in [2.05, 4.69) is 4.74 Å². The van der Waals surface area contributed by atoms with Gasteiger partial charge in [-0.1, -0.05) is 0 Å². The molecular weight excluding hydrogens is 158 g/mol. The van der Waals surface area contributed by atoms with Gasteiger partial charge in [-0.05, 0) is 20.0 Å². The van der Waals surface area contributed by atoms with Crippen molar-refractivity contribution >= 4 is 5.97 Å². The molecule has 4 heteroatoms. The van der Waals surface area contributed by atoms with E-state index in [-0.39, 0.29) is 11.9 Å². The van der Waals surface area contributed by atoms with Gasteiger partial charge in [-0.2, -0.15) is 0 Å². The lowest BCUT2D eigenvalue weighted by Crippen LogP contribution is -2.45. The molecule has 0 aromatic heterocycles. The first kappa shape index (κ1) is 9.48. The predicted molar refractivity (Wildman–Crippen MR) is 43.6 cm³/mol. The fourth-order valence-corrected chi connectivity index (χ4v) is 1.52. The zero-order valence-electron chi connectivity index (χ0n) is 7.49. The van der Waals surface area contributed by atoms with Crippen LogP contribution in [0.1, 0.15) is 6.42 Å². The Bertz CT molecular complexity index is 172. The fraction of sp³-hybridized carbons (Fsp3) is 0.875. The average Bonchev–Trinajstić information content (AvgIpc) is 2.03. The number of likely N-dealkylation sites (tertiary alicyclic amines) is 1. The minimum absolute atomic E-state index is 0.296. The first-order valence-corrected chi connectivity index (χ1v) is 4.09. The fourth-order valence-electron chi connectivity index (χ4n) is 1.52. The summed E-state index contributed by atoms with van der Waals surface area (Å²) in [7, 11) is 3.28. The van der Waals surface area contributed by atoms with Gasteiger partial charge in [-0.25, -0.2) is 0 Å². The summed E-state index contributed by atoms with van der Waals surface area (Å²) in [5, 5.41) is 9.50. The molecule has 1 aliphatic rings. The Balaban J connectivity index is 2.50. The largest absolute Gasteiger partial charge is 0.469 e. The van der Waals surface area contributed by atoms with Crippen LogP contribution in [0.15, 0.2) is 0 Å². The predicted octanol–water partition coefficient (Wildman–Crippen LogP) is -0.528. The lowest BCUT2D eigenvalue weighted by molar-refractivity contribution is -0.152. The van der Waals surface area contributed by atoms with Gasteiger partial charge in [0.15, 0.2) is 0 Å². The molecule has 0 aliphatic carbocycles. The zero-order chi connectivity index (χ0) is 9.14. The second-order valence-corrected chi connectivity index (χ2v) is 3.25. The van der Waals surface area contributed by atoms with E-state index in [1.165, 1.54) is 7.11 Å². The maximum atomic E-state index is 11.1. The number of carbonyl (C=O) groups is 1. The number of β-amino-alcohol motifs (C(OH)–C–C–N with tert-alkyl or cyclic N) is 1. The molecule has 0 spiro atoms. The Hall–Kier alpha value is -0.610. The molecular formula is C8H15NO3. The molecule has 70 valence electrons. The van der Waals surface area contributed by atoms with Gasteiger partial charge in [-0.15, -0.1) is 0 Å². The van der Waals surface area contributed by atoms with E-state index >= 15 is 0 Å². The van der Waals surface area contributed by atoms with Crippen molar-refractivity contribution < 1.29 is 14.6 Å². The van der Waals surface area contributed by atoms with E-state index in [0.29, 0.717) is 13.0 Å². The van der Waals surface area contributed by atoms with Gasteiger partial charge in [0.25, 0.3) is 0 Å². The van der Waals surface area contributed by atoms with Gasteiger partial charge >= 0.3 is 5.97 Å².